The molecule has 4 rings (SSSR count). The van der Waals surface area contributed by atoms with Gasteiger partial charge in [-0.1, -0.05) is 11.2 Å². The van der Waals surface area contributed by atoms with Gasteiger partial charge in [-0.25, -0.2) is 9.78 Å². The second-order valence-electron chi connectivity index (χ2n) is 5.62. The van der Waals surface area contributed by atoms with Gasteiger partial charge in [0.1, 0.15) is 5.76 Å². The van der Waals surface area contributed by atoms with Gasteiger partial charge in [0.2, 0.25) is 0 Å². The number of hydrogen-bond donors (Lipinski definition) is 1. The highest BCUT2D eigenvalue weighted by Crippen LogP contribution is 2.35. The van der Waals surface area contributed by atoms with Gasteiger partial charge in [0.15, 0.2) is 0 Å². The summed E-state index contributed by atoms with van der Waals surface area (Å²) in [7, 11) is 0. The molecule has 0 spiro atoms. The lowest BCUT2D eigenvalue weighted by Gasteiger charge is -2.09. The number of nitrogens with zero attached hydrogens (tertiary/aromatic N) is 3. The minimum atomic E-state index is -0.983. The number of carboxylic acid groups (broad SMARTS) is 1. The molecule has 6 heteroatoms. The fourth-order valence-electron chi connectivity index (χ4n) is 2.99. The normalized spacial score (nSPS) is 11.2. The molecule has 0 amide bonds. The van der Waals surface area contributed by atoms with E-state index < -0.39 is 5.97 Å². The standard InChI is InChI=1S/C18H13N3O3/c1-9-16(10(2)24-21-9)17-13-5-6-19-8-14(13)12-4-3-11(18(22)23)7-15(12)20-17/h3-8H,1-2H3,(H,22,23). The van der Waals surface area contributed by atoms with Crippen LogP contribution in [0.15, 0.2) is 41.2 Å². The summed E-state index contributed by atoms with van der Waals surface area (Å²) in [5, 5.41) is 15.9. The first kappa shape index (κ1) is 14.3. The zero-order valence-electron chi connectivity index (χ0n) is 13.1. The molecule has 118 valence electrons. The van der Waals surface area contributed by atoms with Crippen molar-refractivity contribution in [1.82, 2.24) is 15.1 Å². The number of aryl methyl sites for hydroxylation is 2. The molecule has 3 heterocycles. The lowest BCUT2D eigenvalue weighted by molar-refractivity contribution is 0.0697. The molecule has 0 saturated carbocycles. The number of carbonyl (C=O) groups is 1. The van der Waals surface area contributed by atoms with Crippen LogP contribution >= 0.6 is 0 Å². The van der Waals surface area contributed by atoms with Crippen molar-refractivity contribution in [3.05, 3.63) is 53.7 Å². The van der Waals surface area contributed by atoms with Gasteiger partial charge in [0.25, 0.3) is 0 Å². The van der Waals surface area contributed by atoms with Gasteiger partial charge in [-0.05, 0) is 32.0 Å². The molecule has 3 aromatic heterocycles. The Kier molecular flexibility index (Phi) is 3.06. The van der Waals surface area contributed by atoms with Crippen molar-refractivity contribution in [1.29, 1.82) is 0 Å². The van der Waals surface area contributed by atoms with Crippen LogP contribution in [0.25, 0.3) is 32.9 Å². The van der Waals surface area contributed by atoms with Gasteiger partial charge in [0, 0.05) is 28.6 Å². The number of rotatable bonds is 2. The highest BCUT2D eigenvalue weighted by molar-refractivity contribution is 6.11. The van der Waals surface area contributed by atoms with E-state index >= 15 is 0 Å². The van der Waals surface area contributed by atoms with Crippen LogP contribution in [0.5, 0.6) is 0 Å². The van der Waals surface area contributed by atoms with E-state index in [1.54, 1.807) is 30.6 Å². The van der Waals surface area contributed by atoms with Gasteiger partial charge in [-0.3, -0.25) is 4.98 Å². The Morgan fingerprint density at radius 1 is 1.12 bits per heavy atom. The van der Waals surface area contributed by atoms with Crippen molar-refractivity contribution in [2.45, 2.75) is 13.8 Å². The average molecular weight is 319 g/mol. The largest absolute Gasteiger partial charge is 0.478 e. The zero-order chi connectivity index (χ0) is 16.8. The van der Waals surface area contributed by atoms with E-state index in [4.69, 9.17) is 9.51 Å². The number of carboxylic acids is 1. The number of pyridine rings is 2. The molecule has 6 nitrogen and oxygen atoms in total. The molecular formula is C18H13N3O3. The monoisotopic (exact) mass is 319 g/mol. The lowest BCUT2D eigenvalue weighted by atomic mass is 10.00. The number of aromatic carboxylic acids is 1. The second-order valence-corrected chi connectivity index (χ2v) is 5.62. The summed E-state index contributed by atoms with van der Waals surface area (Å²) in [4.78, 5) is 20.2. The van der Waals surface area contributed by atoms with Crippen LogP contribution < -0.4 is 0 Å². The maximum Gasteiger partial charge on any atom is 0.335 e. The maximum absolute atomic E-state index is 11.3. The lowest BCUT2D eigenvalue weighted by Crippen LogP contribution is -1.97. The predicted molar refractivity (Wildman–Crippen MR) is 89.0 cm³/mol. The summed E-state index contributed by atoms with van der Waals surface area (Å²) in [6.07, 6.45) is 3.48. The van der Waals surface area contributed by atoms with Crippen molar-refractivity contribution in [3.8, 4) is 11.3 Å². The number of aromatic nitrogens is 3. The molecule has 0 aliphatic rings. The third kappa shape index (κ3) is 2.04. The average Bonchev–Trinajstić information content (AvgIpc) is 2.92. The van der Waals surface area contributed by atoms with Crippen LogP contribution in [0.2, 0.25) is 0 Å². The molecule has 0 fully saturated rings. The third-order valence-corrected chi connectivity index (χ3v) is 4.11. The quantitative estimate of drug-likeness (QED) is 0.566. The minimum Gasteiger partial charge on any atom is -0.478 e. The van der Waals surface area contributed by atoms with E-state index in [1.165, 1.54) is 0 Å². The van der Waals surface area contributed by atoms with Gasteiger partial charge in [-0.2, -0.15) is 0 Å². The summed E-state index contributed by atoms with van der Waals surface area (Å²) in [5.41, 5.74) is 3.09. The molecule has 0 unspecified atom stereocenters. The highest BCUT2D eigenvalue weighted by atomic mass is 16.5. The summed E-state index contributed by atoms with van der Waals surface area (Å²) < 4.78 is 5.27. The Morgan fingerprint density at radius 3 is 2.67 bits per heavy atom. The Labute approximate surface area is 136 Å². The van der Waals surface area contributed by atoms with Gasteiger partial charge >= 0.3 is 5.97 Å². The van der Waals surface area contributed by atoms with Gasteiger partial charge in [0.05, 0.1) is 28.0 Å². The van der Waals surface area contributed by atoms with E-state index in [9.17, 15) is 9.90 Å². The second kappa shape index (κ2) is 5.13. The van der Waals surface area contributed by atoms with Crippen LogP contribution in [0, 0.1) is 13.8 Å². The summed E-state index contributed by atoms with van der Waals surface area (Å²) >= 11 is 0. The van der Waals surface area contributed by atoms with Gasteiger partial charge < -0.3 is 9.63 Å². The predicted octanol–water partition coefficient (Wildman–Crippen LogP) is 3.75. The van der Waals surface area contributed by atoms with Crippen molar-refractivity contribution in [2.75, 3.05) is 0 Å². The first-order valence-corrected chi connectivity index (χ1v) is 7.40. The van der Waals surface area contributed by atoms with Crippen LogP contribution in [0.4, 0.5) is 0 Å². The van der Waals surface area contributed by atoms with Crippen molar-refractivity contribution in [2.24, 2.45) is 0 Å². The Morgan fingerprint density at radius 2 is 1.96 bits per heavy atom. The Bertz CT molecular complexity index is 1100. The van der Waals surface area contributed by atoms with Crippen molar-refractivity contribution >= 4 is 27.6 Å². The van der Waals surface area contributed by atoms with Gasteiger partial charge in [-0.15, -0.1) is 0 Å². The third-order valence-electron chi connectivity index (χ3n) is 4.11. The van der Waals surface area contributed by atoms with E-state index in [0.717, 1.165) is 33.1 Å². The molecule has 1 N–H and O–H groups in total. The number of fused-ring (bicyclic) bond motifs is 3. The topological polar surface area (TPSA) is 89.1 Å². The van der Waals surface area contributed by atoms with Crippen molar-refractivity contribution in [3.63, 3.8) is 0 Å². The fraction of sp³-hybridized carbons (Fsp3) is 0.111. The molecule has 4 aromatic rings. The molecule has 0 bridgehead atoms. The fourth-order valence-corrected chi connectivity index (χ4v) is 2.99. The highest BCUT2D eigenvalue weighted by Gasteiger charge is 2.18. The van der Waals surface area contributed by atoms with E-state index in [-0.39, 0.29) is 5.56 Å². The first-order valence-electron chi connectivity index (χ1n) is 7.40. The first-order chi connectivity index (χ1) is 11.6. The van der Waals surface area contributed by atoms with E-state index in [0.29, 0.717) is 11.3 Å². The maximum atomic E-state index is 11.3. The minimum absolute atomic E-state index is 0.197. The smallest absolute Gasteiger partial charge is 0.335 e. The summed E-state index contributed by atoms with van der Waals surface area (Å²) in [6.45, 7) is 3.69. The molecule has 0 aliphatic heterocycles. The molecule has 0 atom stereocenters. The molecule has 0 saturated heterocycles. The van der Waals surface area contributed by atoms with E-state index in [1.807, 2.05) is 19.9 Å². The van der Waals surface area contributed by atoms with Crippen LogP contribution in [0.1, 0.15) is 21.8 Å². The molecular weight excluding hydrogens is 306 g/mol. The van der Waals surface area contributed by atoms with Crippen LogP contribution in [0.3, 0.4) is 0 Å². The summed E-state index contributed by atoms with van der Waals surface area (Å²) in [5.74, 6) is -0.310. The van der Waals surface area contributed by atoms with Crippen LogP contribution in [-0.2, 0) is 0 Å². The molecule has 0 radical (unpaired) electrons. The molecule has 1 aromatic carbocycles. The Balaban J connectivity index is 2.17. The number of hydrogen-bond acceptors (Lipinski definition) is 5. The number of benzene rings is 1. The zero-order valence-corrected chi connectivity index (χ0v) is 13.1. The van der Waals surface area contributed by atoms with Crippen LogP contribution in [-0.4, -0.2) is 26.2 Å². The Hall–Kier alpha value is -3.28. The van der Waals surface area contributed by atoms with E-state index in [2.05, 4.69) is 10.1 Å². The molecule has 0 aliphatic carbocycles. The SMILES string of the molecule is Cc1noc(C)c1-c1nc2cc(C(=O)O)ccc2c2cnccc12. The van der Waals surface area contributed by atoms with Crippen molar-refractivity contribution < 1.29 is 14.4 Å². The summed E-state index contributed by atoms with van der Waals surface area (Å²) in [6, 6.07) is 6.82. The molecule has 24 heavy (non-hydrogen) atoms.